The Labute approximate surface area is 57.1 Å². The fourth-order valence-electron chi connectivity index (χ4n) is 0.681. The average Bonchev–Trinajstić information content (AvgIpc) is 2.33. The number of thioether (sulfide) groups is 1. The van der Waals surface area contributed by atoms with E-state index in [1.54, 1.807) is 6.20 Å². The summed E-state index contributed by atoms with van der Waals surface area (Å²) in [6, 6.07) is 0. The molecule has 0 aromatic heterocycles. The monoisotopic (exact) mass is 138 g/mol. The summed E-state index contributed by atoms with van der Waals surface area (Å²) in [6.07, 6.45) is 3.75. The van der Waals surface area contributed by atoms with Crippen LogP contribution >= 0.6 is 11.8 Å². The Morgan fingerprint density at radius 1 is 1.78 bits per heavy atom. The Bertz CT molecular complexity index is 206. The Hall–Kier alpha value is -0.770. The van der Waals surface area contributed by atoms with Crippen molar-refractivity contribution in [3.8, 4) is 0 Å². The van der Waals surface area contributed by atoms with Gasteiger partial charge in [-0.25, -0.2) is 10.0 Å². The summed E-state index contributed by atoms with van der Waals surface area (Å²) in [5.74, 6) is 0. The number of hydrogen-bond acceptors (Lipinski definition) is 4. The molecule has 0 unspecified atom stereocenters. The summed E-state index contributed by atoms with van der Waals surface area (Å²) < 4.78 is 0. The third kappa shape index (κ3) is 0.751. The van der Waals surface area contributed by atoms with Gasteiger partial charge in [-0.1, -0.05) is 0 Å². The maximum atomic E-state index is 4.06. The molecule has 0 saturated carbocycles. The predicted molar refractivity (Wildman–Crippen MR) is 38.3 cm³/mol. The minimum Gasteiger partial charge on any atom is -0.237 e. The van der Waals surface area contributed by atoms with Crippen LogP contribution < -0.4 is 0 Å². The Kier molecular flexibility index (Phi) is 1.05. The molecule has 0 saturated heterocycles. The Morgan fingerprint density at radius 3 is 3.67 bits per heavy atom. The van der Waals surface area contributed by atoms with Crippen LogP contribution in [0.1, 0.15) is 0 Å². The number of hydrogen-bond donors (Lipinski definition) is 0. The molecule has 0 fully saturated rings. The largest absolute Gasteiger partial charge is 0.237 e. The fourth-order valence-corrected chi connectivity index (χ4v) is 1.24. The molecule has 0 spiro atoms. The van der Waals surface area contributed by atoms with Crippen LogP contribution in [-0.4, -0.2) is 22.3 Å². The highest BCUT2D eigenvalue weighted by molar-refractivity contribution is 8.25. The lowest BCUT2D eigenvalue weighted by molar-refractivity contribution is 0.506. The van der Waals surface area contributed by atoms with Gasteiger partial charge in [-0.2, -0.15) is 5.10 Å². The number of rotatable bonds is 0. The van der Waals surface area contributed by atoms with Crippen LogP contribution in [-0.2, 0) is 0 Å². The smallest absolute Gasteiger partial charge is 0.191 e. The topological polar surface area (TPSA) is 28.0 Å². The van der Waals surface area contributed by atoms with E-state index in [-0.39, 0.29) is 0 Å². The van der Waals surface area contributed by atoms with Crippen molar-refractivity contribution in [1.29, 1.82) is 0 Å². The fraction of sp³-hybridized carbons (Fsp3) is 0.200. The molecule has 2 rings (SSSR count). The van der Waals surface area contributed by atoms with Crippen molar-refractivity contribution in [2.24, 2.45) is 10.1 Å². The van der Waals surface area contributed by atoms with Crippen LogP contribution in [0, 0.1) is 0 Å². The maximum Gasteiger partial charge on any atom is 0.191 e. The van der Waals surface area contributed by atoms with Crippen molar-refractivity contribution in [2.75, 3.05) is 6.54 Å². The zero-order valence-electron chi connectivity index (χ0n) is 4.61. The highest BCUT2D eigenvalue weighted by atomic mass is 32.2. The molecule has 2 aliphatic rings. The molecule has 4 heteroatoms. The molecule has 9 heavy (non-hydrogen) atoms. The van der Waals surface area contributed by atoms with Crippen LogP contribution in [0.2, 0.25) is 0 Å². The second kappa shape index (κ2) is 1.88. The van der Waals surface area contributed by atoms with Gasteiger partial charge in [0.25, 0.3) is 0 Å². The molecule has 0 aromatic carbocycles. The van der Waals surface area contributed by atoms with Gasteiger partial charge in [0.05, 0.1) is 6.54 Å². The number of hydrazone groups is 1. The van der Waals surface area contributed by atoms with Crippen LogP contribution in [0.5, 0.6) is 0 Å². The van der Waals surface area contributed by atoms with Crippen molar-refractivity contribution in [3.05, 3.63) is 12.3 Å². The lowest BCUT2D eigenvalue weighted by atomic mass is 10.5. The average molecular weight is 138 g/mol. The van der Waals surface area contributed by atoms with Crippen molar-refractivity contribution in [3.63, 3.8) is 0 Å². The van der Waals surface area contributed by atoms with Gasteiger partial charge in [0, 0.05) is 6.20 Å². The van der Waals surface area contributed by atoms with Gasteiger partial charge in [0.1, 0.15) is 0 Å². The van der Waals surface area contributed by atoms with E-state index in [0.29, 0.717) is 0 Å². The number of nitrogens with zero attached hydrogens (tertiary/aromatic N) is 3. The lowest BCUT2D eigenvalue weighted by Crippen LogP contribution is -2.20. The van der Waals surface area contributed by atoms with E-state index in [2.05, 4.69) is 15.6 Å². The van der Waals surface area contributed by atoms with E-state index in [1.807, 2.05) is 11.1 Å². The third-order valence-corrected chi connectivity index (χ3v) is 1.76. The molecule has 1 radical (unpaired) electrons. The van der Waals surface area contributed by atoms with E-state index in [1.165, 1.54) is 11.8 Å². The molecule has 0 amide bonds. The Morgan fingerprint density at radius 2 is 2.78 bits per heavy atom. The van der Waals surface area contributed by atoms with Crippen molar-refractivity contribution in [1.82, 2.24) is 5.01 Å². The predicted octanol–water partition coefficient (Wildman–Crippen LogP) is 0.739. The summed E-state index contributed by atoms with van der Waals surface area (Å²) in [5.41, 5.74) is 2.76. The van der Waals surface area contributed by atoms with E-state index in [4.69, 9.17) is 0 Å². The Balaban J connectivity index is 2.29. The molecule has 0 bridgehead atoms. The molecule has 0 atom stereocenters. The molecule has 0 aromatic rings. The molecule has 0 N–H and O–H groups in total. The van der Waals surface area contributed by atoms with Crippen LogP contribution in [0.4, 0.5) is 0 Å². The minimum atomic E-state index is 0.832. The zero-order valence-corrected chi connectivity index (χ0v) is 5.43. The molecule has 3 nitrogen and oxygen atoms in total. The zero-order chi connectivity index (χ0) is 6.10. The van der Waals surface area contributed by atoms with Gasteiger partial charge in [-0.15, -0.1) is 0 Å². The van der Waals surface area contributed by atoms with Crippen molar-refractivity contribution in [2.45, 2.75) is 0 Å². The van der Waals surface area contributed by atoms with Gasteiger partial charge in [-0.05, 0) is 17.8 Å². The SMILES string of the molecule is [C]1=NN2CC=CN=C2S1. The van der Waals surface area contributed by atoms with Crippen LogP contribution in [0.3, 0.4) is 0 Å². The summed E-state index contributed by atoms with van der Waals surface area (Å²) in [7, 11) is 0. The van der Waals surface area contributed by atoms with Crippen LogP contribution in [0.25, 0.3) is 0 Å². The van der Waals surface area contributed by atoms with Gasteiger partial charge in [0.15, 0.2) is 10.7 Å². The first-order valence-electron chi connectivity index (χ1n) is 2.60. The molecule has 0 aliphatic carbocycles. The highest BCUT2D eigenvalue weighted by Crippen LogP contribution is 2.16. The van der Waals surface area contributed by atoms with Crippen LogP contribution in [0.15, 0.2) is 22.4 Å². The first-order chi connectivity index (χ1) is 4.47. The maximum absolute atomic E-state index is 4.06. The van der Waals surface area contributed by atoms with E-state index < -0.39 is 0 Å². The lowest BCUT2D eigenvalue weighted by Gasteiger charge is -2.12. The summed E-state index contributed by atoms with van der Waals surface area (Å²) in [6.45, 7) is 0.832. The van der Waals surface area contributed by atoms with Gasteiger partial charge >= 0.3 is 0 Å². The minimum absolute atomic E-state index is 0.832. The van der Waals surface area contributed by atoms with Gasteiger partial charge in [-0.3, -0.25) is 0 Å². The summed E-state index contributed by atoms with van der Waals surface area (Å²) in [4.78, 5) is 4.06. The summed E-state index contributed by atoms with van der Waals surface area (Å²) in [5, 5.41) is 6.66. The number of amidine groups is 1. The second-order valence-corrected chi connectivity index (χ2v) is 2.42. The van der Waals surface area contributed by atoms with E-state index in [9.17, 15) is 0 Å². The van der Waals surface area contributed by atoms with Crippen molar-refractivity contribution < 1.29 is 0 Å². The highest BCUT2D eigenvalue weighted by Gasteiger charge is 2.15. The molecule has 2 heterocycles. The quantitative estimate of drug-likeness (QED) is 0.493. The van der Waals surface area contributed by atoms with Crippen molar-refractivity contribution >= 4 is 22.5 Å². The molecular formula is C5H4N3S. The molecule has 45 valence electrons. The van der Waals surface area contributed by atoms with Gasteiger partial charge in [0.2, 0.25) is 0 Å². The summed E-state index contributed by atoms with van der Waals surface area (Å²) >= 11 is 1.43. The standard InChI is InChI=1S/C5H4N3S/c1-2-6-5-8(3-1)7-4-9-5/h1-2H,3H2. The first kappa shape index (κ1) is 5.05. The molecule has 2 aliphatic heterocycles. The first-order valence-corrected chi connectivity index (χ1v) is 3.41. The van der Waals surface area contributed by atoms with Gasteiger partial charge < -0.3 is 0 Å². The third-order valence-electron chi connectivity index (χ3n) is 1.09. The number of fused-ring (bicyclic) bond motifs is 1. The number of aliphatic imine (C=N–C) groups is 1. The second-order valence-electron chi connectivity index (χ2n) is 1.67. The van der Waals surface area contributed by atoms with E-state index in [0.717, 1.165) is 11.7 Å². The van der Waals surface area contributed by atoms with E-state index >= 15 is 0 Å². The molecular weight excluding hydrogens is 134 g/mol. The normalized spacial score (nSPS) is 22.2.